The highest BCUT2D eigenvalue weighted by Gasteiger charge is 2.23. The van der Waals surface area contributed by atoms with E-state index >= 15 is 0 Å². The van der Waals surface area contributed by atoms with Crippen molar-refractivity contribution >= 4 is 11.8 Å². The van der Waals surface area contributed by atoms with Gasteiger partial charge in [-0.05, 0) is 19.8 Å². The van der Waals surface area contributed by atoms with E-state index in [1.54, 1.807) is 11.6 Å². The smallest absolute Gasteiger partial charge is 0.320 e. The summed E-state index contributed by atoms with van der Waals surface area (Å²) in [6, 6.07) is 1.34. The van der Waals surface area contributed by atoms with E-state index in [1.807, 2.05) is 13.1 Å². The molecule has 0 radical (unpaired) electrons. The molecule has 1 unspecified atom stereocenters. The Hall–Kier alpha value is -1.56. The van der Waals surface area contributed by atoms with E-state index in [1.165, 1.54) is 19.3 Å². The minimum Gasteiger partial charge on any atom is -0.394 e. The molecule has 0 saturated heterocycles. The summed E-state index contributed by atoms with van der Waals surface area (Å²) < 4.78 is 1.68. The number of aliphatic hydroxyl groups is 1. The van der Waals surface area contributed by atoms with Crippen LogP contribution in [0.1, 0.15) is 37.8 Å². The number of hydrogen-bond acceptors (Lipinski definition) is 3. The van der Waals surface area contributed by atoms with E-state index in [4.69, 9.17) is 5.11 Å². The maximum atomic E-state index is 11.6. The number of amides is 2. The summed E-state index contributed by atoms with van der Waals surface area (Å²) in [5.74, 6) is 1.23. The Balaban J connectivity index is 1.96. The van der Waals surface area contributed by atoms with Crippen LogP contribution in [0.5, 0.6) is 0 Å². The molecular weight excluding hydrogens is 232 g/mol. The van der Waals surface area contributed by atoms with Crippen LogP contribution in [0, 0.1) is 0 Å². The monoisotopic (exact) mass is 252 g/mol. The Morgan fingerprint density at radius 3 is 2.94 bits per heavy atom. The molecule has 100 valence electrons. The van der Waals surface area contributed by atoms with E-state index < -0.39 is 0 Å². The lowest BCUT2D eigenvalue weighted by molar-refractivity contribution is 0.229. The molecule has 0 spiro atoms. The van der Waals surface area contributed by atoms with Gasteiger partial charge in [0.2, 0.25) is 0 Å². The van der Waals surface area contributed by atoms with Gasteiger partial charge in [-0.15, -0.1) is 0 Å². The van der Waals surface area contributed by atoms with Gasteiger partial charge in [0.1, 0.15) is 5.82 Å². The second-order valence-electron chi connectivity index (χ2n) is 4.89. The number of carbonyl (C=O) groups excluding carboxylic acids is 1. The number of rotatable bonds is 4. The summed E-state index contributed by atoms with van der Waals surface area (Å²) in [6.45, 7) is 1.66. The molecule has 3 N–H and O–H groups in total. The lowest BCUT2D eigenvalue weighted by atomic mass is 9.83. The summed E-state index contributed by atoms with van der Waals surface area (Å²) in [6.07, 6.45) is 3.63. The highest BCUT2D eigenvalue weighted by atomic mass is 16.3. The van der Waals surface area contributed by atoms with Gasteiger partial charge in [0.15, 0.2) is 0 Å². The minimum atomic E-state index is -0.320. The predicted molar refractivity (Wildman–Crippen MR) is 68.5 cm³/mol. The molecule has 0 aromatic carbocycles. The van der Waals surface area contributed by atoms with Crippen molar-refractivity contribution in [2.45, 2.75) is 38.1 Å². The Bertz CT molecular complexity index is 426. The topological polar surface area (TPSA) is 79.2 Å². The van der Waals surface area contributed by atoms with Gasteiger partial charge in [0, 0.05) is 19.0 Å². The number of nitrogens with zero attached hydrogens (tertiary/aromatic N) is 2. The number of aryl methyl sites for hydroxylation is 1. The molecule has 1 saturated carbocycles. The standard InChI is InChI=1S/C12H20N4O2/c1-8(7-17)13-12(18)14-11-6-10(15-16(11)2)9-4-3-5-9/h6,8-9,17H,3-5,7H2,1-2H3,(H2,13,14,18). The molecule has 1 atom stereocenters. The van der Waals surface area contributed by atoms with Crippen LogP contribution in [-0.2, 0) is 7.05 Å². The lowest BCUT2D eigenvalue weighted by Crippen LogP contribution is -2.38. The Labute approximate surface area is 106 Å². The van der Waals surface area contributed by atoms with Crippen molar-refractivity contribution in [1.29, 1.82) is 0 Å². The molecule has 1 heterocycles. The van der Waals surface area contributed by atoms with Crippen molar-refractivity contribution in [3.8, 4) is 0 Å². The number of anilines is 1. The van der Waals surface area contributed by atoms with Crippen LogP contribution in [0.25, 0.3) is 0 Å². The molecule has 6 nitrogen and oxygen atoms in total. The van der Waals surface area contributed by atoms with E-state index in [9.17, 15) is 4.79 Å². The van der Waals surface area contributed by atoms with Gasteiger partial charge < -0.3 is 10.4 Å². The molecule has 1 fully saturated rings. The van der Waals surface area contributed by atoms with Crippen LogP contribution in [0.4, 0.5) is 10.6 Å². The molecule has 1 aromatic heterocycles. The zero-order valence-electron chi connectivity index (χ0n) is 10.8. The third-order valence-electron chi connectivity index (χ3n) is 3.32. The van der Waals surface area contributed by atoms with Gasteiger partial charge in [0.25, 0.3) is 0 Å². The van der Waals surface area contributed by atoms with Gasteiger partial charge in [-0.25, -0.2) is 4.79 Å². The number of nitrogens with one attached hydrogen (secondary N) is 2. The summed E-state index contributed by atoms with van der Waals surface area (Å²) in [5.41, 5.74) is 1.05. The molecule has 18 heavy (non-hydrogen) atoms. The number of aromatic nitrogens is 2. The number of carbonyl (C=O) groups is 1. The second-order valence-corrected chi connectivity index (χ2v) is 4.89. The number of hydrogen-bond donors (Lipinski definition) is 3. The highest BCUT2D eigenvalue weighted by Crippen LogP contribution is 2.36. The van der Waals surface area contributed by atoms with E-state index in [0.29, 0.717) is 11.7 Å². The SMILES string of the molecule is CC(CO)NC(=O)Nc1cc(C2CCC2)nn1C. The Kier molecular flexibility index (Phi) is 3.86. The largest absolute Gasteiger partial charge is 0.394 e. The lowest BCUT2D eigenvalue weighted by Gasteiger charge is -2.22. The van der Waals surface area contributed by atoms with Crippen molar-refractivity contribution in [3.05, 3.63) is 11.8 Å². The van der Waals surface area contributed by atoms with Crippen molar-refractivity contribution in [2.75, 3.05) is 11.9 Å². The quantitative estimate of drug-likeness (QED) is 0.753. The van der Waals surface area contributed by atoms with E-state index in [2.05, 4.69) is 15.7 Å². The first-order valence-electron chi connectivity index (χ1n) is 6.32. The maximum absolute atomic E-state index is 11.6. The van der Waals surface area contributed by atoms with Crippen LogP contribution in [0.15, 0.2) is 6.07 Å². The van der Waals surface area contributed by atoms with Gasteiger partial charge in [-0.1, -0.05) is 6.42 Å². The fourth-order valence-electron chi connectivity index (χ4n) is 1.93. The van der Waals surface area contributed by atoms with Crippen LogP contribution in [0.3, 0.4) is 0 Å². The predicted octanol–water partition coefficient (Wildman–Crippen LogP) is 1.19. The Morgan fingerprint density at radius 1 is 1.67 bits per heavy atom. The van der Waals surface area contributed by atoms with Crippen molar-refractivity contribution in [3.63, 3.8) is 0 Å². The van der Waals surface area contributed by atoms with Crippen LogP contribution in [-0.4, -0.2) is 33.6 Å². The molecule has 1 aliphatic carbocycles. The average Bonchev–Trinajstić information content (AvgIpc) is 2.57. The van der Waals surface area contributed by atoms with Gasteiger partial charge in [-0.2, -0.15) is 5.10 Å². The maximum Gasteiger partial charge on any atom is 0.320 e. The molecule has 2 amide bonds. The van der Waals surface area contributed by atoms with Crippen LogP contribution in [0.2, 0.25) is 0 Å². The zero-order chi connectivity index (χ0) is 13.1. The van der Waals surface area contributed by atoms with Crippen molar-refractivity contribution in [2.24, 2.45) is 7.05 Å². The van der Waals surface area contributed by atoms with Crippen molar-refractivity contribution < 1.29 is 9.90 Å². The molecule has 2 rings (SSSR count). The third kappa shape index (κ3) is 2.81. The summed E-state index contributed by atoms with van der Waals surface area (Å²) >= 11 is 0. The number of urea groups is 1. The first-order chi connectivity index (χ1) is 8.60. The van der Waals surface area contributed by atoms with Crippen LogP contribution < -0.4 is 10.6 Å². The molecule has 0 bridgehead atoms. The van der Waals surface area contributed by atoms with E-state index in [-0.39, 0.29) is 18.7 Å². The van der Waals surface area contributed by atoms with Gasteiger partial charge >= 0.3 is 6.03 Å². The van der Waals surface area contributed by atoms with E-state index in [0.717, 1.165) is 5.69 Å². The average molecular weight is 252 g/mol. The van der Waals surface area contributed by atoms with Crippen molar-refractivity contribution in [1.82, 2.24) is 15.1 Å². The molecule has 6 heteroatoms. The highest BCUT2D eigenvalue weighted by molar-refractivity contribution is 5.88. The fraction of sp³-hybridized carbons (Fsp3) is 0.667. The molecule has 1 aromatic rings. The molecule has 0 aliphatic heterocycles. The summed E-state index contributed by atoms with van der Waals surface area (Å²) in [4.78, 5) is 11.6. The first kappa shape index (κ1) is 12.9. The first-order valence-corrected chi connectivity index (χ1v) is 6.32. The fourth-order valence-corrected chi connectivity index (χ4v) is 1.93. The molecule has 1 aliphatic rings. The Morgan fingerprint density at radius 2 is 2.39 bits per heavy atom. The zero-order valence-corrected chi connectivity index (χ0v) is 10.8. The summed E-state index contributed by atoms with van der Waals surface area (Å²) in [7, 11) is 1.81. The van der Waals surface area contributed by atoms with Gasteiger partial charge in [0.05, 0.1) is 18.3 Å². The number of aliphatic hydroxyl groups excluding tert-OH is 1. The third-order valence-corrected chi connectivity index (χ3v) is 3.32. The van der Waals surface area contributed by atoms with Crippen LogP contribution >= 0.6 is 0 Å². The second kappa shape index (κ2) is 5.39. The van der Waals surface area contributed by atoms with Gasteiger partial charge in [-0.3, -0.25) is 10.00 Å². The normalized spacial score (nSPS) is 17.1. The summed E-state index contributed by atoms with van der Waals surface area (Å²) in [5, 5.41) is 18.6. The minimum absolute atomic E-state index is 0.0773. The molecular formula is C12H20N4O2.